The molecule has 6 nitrogen and oxygen atoms in total. The van der Waals surface area contributed by atoms with Crippen molar-refractivity contribution in [2.45, 2.75) is 0 Å². The Labute approximate surface area is 144 Å². The van der Waals surface area contributed by atoms with Gasteiger partial charge in [-0.05, 0) is 35.4 Å². The number of amides is 2. The molecule has 3 rings (SSSR count). The van der Waals surface area contributed by atoms with Crippen LogP contribution < -0.4 is 10.6 Å². The van der Waals surface area contributed by atoms with Gasteiger partial charge >= 0.3 is 0 Å². The number of nitrogens with one attached hydrogen (secondary N) is 2. The maximum Gasteiger partial charge on any atom is 0.288 e. The number of carbonyl (C=O) groups is 2. The summed E-state index contributed by atoms with van der Waals surface area (Å²) >= 11 is 0. The number of nitrogens with zero attached hydrogens (tertiary/aromatic N) is 2. The Hall–Kier alpha value is -3.54. The highest BCUT2D eigenvalue weighted by Crippen LogP contribution is 2.25. The van der Waals surface area contributed by atoms with E-state index in [0.29, 0.717) is 11.2 Å². The number of anilines is 1. The van der Waals surface area contributed by atoms with Crippen molar-refractivity contribution in [1.29, 1.82) is 0 Å². The Morgan fingerprint density at radius 1 is 1.12 bits per heavy atom. The van der Waals surface area contributed by atoms with Gasteiger partial charge in [0.25, 0.3) is 5.91 Å². The van der Waals surface area contributed by atoms with Gasteiger partial charge in [0, 0.05) is 24.3 Å². The van der Waals surface area contributed by atoms with Crippen LogP contribution in [0.15, 0.2) is 61.3 Å². The van der Waals surface area contributed by atoms with Gasteiger partial charge < -0.3 is 10.6 Å². The highest BCUT2D eigenvalue weighted by atomic mass is 16.2. The molecule has 0 spiro atoms. The summed E-state index contributed by atoms with van der Waals surface area (Å²) in [5, 5.41) is 6.09. The van der Waals surface area contributed by atoms with Gasteiger partial charge in [0.05, 0.1) is 5.52 Å². The van der Waals surface area contributed by atoms with E-state index in [1.165, 1.54) is 13.1 Å². The largest absolute Gasteiger partial charge is 0.352 e. The minimum absolute atomic E-state index is 0.124. The fourth-order valence-electron chi connectivity index (χ4n) is 2.39. The molecule has 0 aliphatic heterocycles. The number of aromatic nitrogens is 2. The average molecular weight is 332 g/mol. The Morgan fingerprint density at radius 3 is 2.68 bits per heavy atom. The summed E-state index contributed by atoms with van der Waals surface area (Å²) in [6.07, 6.45) is 2.84. The van der Waals surface area contributed by atoms with Gasteiger partial charge in [-0.25, -0.2) is 9.97 Å². The van der Waals surface area contributed by atoms with E-state index < -0.39 is 0 Å². The zero-order valence-corrected chi connectivity index (χ0v) is 13.6. The van der Waals surface area contributed by atoms with Crippen LogP contribution in [0.5, 0.6) is 0 Å². The van der Waals surface area contributed by atoms with Crippen LogP contribution in [0.1, 0.15) is 10.6 Å². The van der Waals surface area contributed by atoms with Crippen molar-refractivity contribution in [2.24, 2.45) is 0 Å². The summed E-state index contributed by atoms with van der Waals surface area (Å²) in [5.41, 5.74) is 3.19. The van der Waals surface area contributed by atoms with E-state index >= 15 is 0 Å². The molecule has 0 bridgehead atoms. The summed E-state index contributed by atoms with van der Waals surface area (Å²) in [6.45, 7) is 3.44. The summed E-state index contributed by atoms with van der Waals surface area (Å²) < 4.78 is 0. The second-order valence-corrected chi connectivity index (χ2v) is 5.32. The smallest absolute Gasteiger partial charge is 0.288 e. The number of rotatable bonds is 4. The van der Waals surface area contributed by atoms with Gasteiger partial charge in [-0.3, -0.25) is 9.59 Å². The van der Waals surface area contributed by atoms with E-state index in [-0.39, 0.29) is 17.6 Å². The molecule has 0 fully saturated rings. The first-order chi connectivity index (χ1) is 12.1. The fraction of sp³-hybridized carbons (Fsp3) is 0.0526. The second kappa shape index (κ2) is 6.92. The molecule has 1 heterocycles. The number of hydrogen-bond donors (Lipinski definition) is 2. The van der Waals surface area contributed by atoms with Crippen LogP contribution in [0.2, 0.25) is 0 Å². The molecule has 2 aromatic carbocycles. The van der Waals surface area contributed by atoms with Crippen molar-refractivity contribution in [3.8, 4) is 11.1 Å². The van der Waals surface area contributed by atoms with E-state index in [1.54, 1.807) is 12.3 Å². The lowest BCUT2D eigenvalue weighted by molar-refractivity contribution is -0.111. The van der Waals surface area contributed by atoms with Gasteiger partial charge in [0.15, 0.2) is 0 Å². The number of hydrogen-bond acceptors (Lipinski definition) is 4. The monoisotopic (exact) mass is 332 g/mol. The predicted octanol–water partition coefficient (Wildman–Crippen LogP) is 2.78. The van der Waals surface area contributed by atoms with Crippen molar-refractivity contribution in [3.63, 3.8) is 0 Å². The third kappa shape index (κ3) is 3.53. The lowest BCUT2D eigenvalue weighted by Gasteiger charge is -2.07. The average Bonchev–Trinajstić information content (AvgIpc) is 2.66. The van der Waals surface area contributed by atoms with E-state index in [2.05, 4.69) is 27.2 Å². The SMILES string of the molecule is C=CC(=O)Nc1cccc(-c2ccc3cnc(C(=O)NC)nc3c2)c1. The maximum absolute atomic E-state index is 11.7. The minimum atomic E-state index is -0.332. The normalized spacial score (nSPS) is 10.3. The van der Waals surface area contributed by atoms with Crippen LogP contribution in [0.4, 0.5) is 5.69 Å². The third-order valence-corrected chi connectivity index (χ3v) is 3.66. The molecular weight excluding hydrogens is 316 g/mol. The van der Waals surface area contributed by atoms with Crippen molar-refractivity contribution in [1.82, 2.24) is 15.3 Å². The van der Waals surface area contributed by atoms with Crippen LogP contribution in [0.25, 0.3) is 22.0 Å². The first-order valence-electron chi connectivity index (χ1n) is 7.63. The molecule has 0 atom stereocenters. The summed E-state index contributed by atoms with van der Waals surface area (Å²) in [6, 6.07) is 13.2. The van der Waals surface area contributed by atoms with E-state index in [9.17, 15) is 9.59 Å². The molecule has 0 aliphatic carbocycles. The highest BCUT2D eigenvalue weighted by molar-refractivity contribution is 5.99. The molecule has 2 N–H and O–H groups in total. The maximum atomic E-state index is 11.7. The molecule has 0 aliphatic rings. The lowest BCUT2D eigenvalue weighted by atomic mass is 10.0. The third-order valence-electron chi connectivity index (χ3n) is 3.66. The summed E-state index contributed by atoms with van der Waals surface area (Å²) in [7, 11) is 1.54. The van der Waals surface area contributed by atoms with Crippen molar-refractivity contribution in [2.75, 3.05) is 12.4 Å². The predicted molar refractivity (Wildman–Crippen MR) is 97.2 cm³/mol. The molecule has 2 amide bonds. The van der Waals surface area contributed by atoms with Gasteiger partial charge in [-0.2, -0.15) is 0 Å². The van der Waals surface area contributed by atoms with Crippen molar-refractivity contribution in [3.05, 3.63) is 67.1 Å². The first-order valence-corrected chi connectivity index (χ1v) is 7.63. The molecule has 3 aromatic rings. The molecule has 0 radical (unpaired) electrons. The van der Waals surface area contributed by atoms with Gasteiger partial charge in [-0.1, -0.05) is 30.8 Å². The quantitative estimate of drug-likeness (QED) is 0.720. The van der Waals surface area contributed by atoms with Crippen LogP contribution >= 0.6 is 0 Å². The Morgan fingerprint density at radius 2 is 1.92 bits per heavy atom. The molecule has 6 heteroatoms. The van der Waals surface area contributed by atoms with Crippen LogP contribution in [-0.4, -0.2) is 28.8 Å². The van der Waals surface area contributed by atoms with Gasteiger partial charge in [0.1, 0.15) is 0 Å². The molecule has 0 saturated carbocycles. The van der Waals surface area contributed by atoms with Crippen LogP contribution in [0.3, 0.4) is 0 Å². The number of benzene rings is 2. The fourth-order valence-corrected chi connectivity index (χ4v) is 2.39. The molecule has 1 aromatic heterocycles. The van der Waals surface area contributed by atoms with E-state index in [0.717, 1.165) is 16.5 Å². The zero-order chi connectivity index (χ0) is 17.8. The minimum Gasteiger partial charge on any atom is -0.352 e. The van der Waals surface area contributed by atoms with Crippen molar-refractivity contribution >= 4 is 28.4 Å². The highest BCUT2D eigenvalue weighted by Gasteiger charge is 2.09. The van der Waals surface area contributed by atoms with Crippen LogP contribution in [-0.2, 0) is 4.79 Å². The first kappa shape index (κ1) is 16.3. The molecule has 25 heavy (non-hydrogen) atoms. The second-order valence-electron chi connectivity index (χ2n) is 5.32. The van der Waals surface area contributed by atoms with Gasteiger partial charge in [0.2, 0.25) is 11.7 Å². The lowest BCUT2D eigenvalue weighted by Crippen LogP contribution is -2.20. The van der Waals surface area contributed by atoms with E-state index in [4.69, 9.17) is 0 Å². The zero-order valence-electron chi connectivity index (χ0n) is 13.6. The molecular formula is C19H16N4O2. The molecule has 0 saturated heterocycles. The standard InChI is InChI=1S/C19H16N4O2/c1-3-17(24)22-15-6-4-5-12(9-15)13-7-8-14-11-21-18(19(25)20-2)23-16(14)10-13/h3-11H,1H2,2H3,(H,20,25)(H,22,24). The number of carbonyl (C=O) groups excluding carboxylic acids is 2. The molecule has 124 valence electrons. The Kier molecular flexibility index (Phi) is 4.52. The topological polar surface area (TPSA) is 84.0 Å². The summed E-state index contributed by atoms with van der Waals surface area (Å²) in [5.74, 6) is -0.473. The summed E-state index contributed by atoms with van der Waals surface area (Å²) in [4.78, 5) is 31.5. The Balaban J connectivity index is 2.00. The molecule has 0 unspecified atom stereocenters. The van der Waals surface area contributed by atoms with E-state index in [1.807, 2.05) is 36.4 Å². The van der Waals surface area contributed by atoms with Crippen molar-refractivity contribution < 1.29 is 9.59 Å². The Bertz CT molecular complexity index is 982. The van der Waals surface area contributed by atoms with Gasteiger partial charge in [-0.15, -0.1) is 0 Å². The van der Waals surface area contributed by atoms with Crippen LogP contribution in [0, 0.1) is 0 Å². The number of fused-ring (bicyclic) bond motifs is 1.